The number of hydrogen-bond donors (Lipinski definition) is 3. The molecular formula is C19H19F3N4O4S. The minimum absolute atomic E-state index is 0.0790. The molecule has 8 nitrogen and oxygen atoms in total. The number of nitrogens with zero attached hydrogens (tertiary/aromatic N) is 2. The summed E-state index contributed by atoms with van der Waals surface area (Å²) in [7, 11) is -3.70. The van der Waals surface area contributed by atoms with Crippen LogP contribution in [0.1, 0.15) is 17.4 Å². The summed E-state index contributed by atoms with van der Waals surface area (Å²) in [5.41, 5.74) is 1.99. The highest BCUT2D eigenvalue weighted by molar-refractivity contribution is 7.89. The second-order valence-corrected chi connectivity index (χ2v) is 8.22. The lowest BCUT2D eigenvalue weighted by atomic mass is 9.99. The molecule has 0 fully saturated rings. The van der Waals surface area contributed by atoms with Gasteiger partial charge in [-0.2, -0.15) is 14.0 Å². The minimum atomic E-state index is -3.70. The molecule has 0 aliphatic heterocycles. The fraction of sp³-hybridized carbons (Fsp3) is 0.316. The van der Waals surface area contributed by atoms with Crippen molar-refractivity contribution in [2.45, 2.75) is 25.1 Å². The van der Waals surface area contributed by atoms with Crippen molar-refractivity contribution in [2.24, 2.45) is 0 Å². The van der Waals surface area contributed by atoms with Crippen LogP contribution in [0.25, 0.3) is 11.1 Å². The average Bonchev–Trinajstić information content (AvgIpc) is 2.76. The Labute approximate surface area is 176 Å². The number of aliphatic hydroxyl groups is 1. The smallest absolute Gasteiger partial charge is 0.315 e. The lowest BCUT2D eigenvalue weighted by Gasteiger charge is -2.22. The topological polar surface area (TPSA) is 132 Å². The van der Waals surface area contributed by atoms with E-state index in [9.17, 15) is 31.5 Å². The Morgan fingerprint density at radius 1 is 1.16 bits per heavy atom. The van der Waals surface area contributed by atoms with Crippen molar-refractivity contribution in [2.75, 3.05) is 12.4 Å². The first-order valence-corrected chi connectivity index (χ1v) is 10.5. The number of rotatable bonds is 10. The molecule has 0 radical (unpaired) electrons. The summed E-state index contributed by atoms with van der Waals surface area (Å²) >= 11 is 0. The maximum absolute atomic E-state index is 13.1. The number of amides is 1. The van der Waals surface area contributed by atoms with Crippen LogP contribution in [0.15, 0.2) is 42.6 Å². The van der Waals surface area contributed by atoms with E-state index >= 15 is 0 Å². The quantitative estimate of drug-likeness (QED) is 0.496. The van der Waals surface area contributed by atoms with Gasteiger partial charge in [0, 0.05) is 11.8 Å². The average molecular weight is 456 g/mol. The number of hydrogen-bond acceptors (Lipinski definition) is 6. The van der Waals surface area contributed by atoms with Crippen LogP contribution in [-0.2, 0) is 21.4 Å². The summed E-state index contributed by atoms with van der Waals surface area (Å²) < 4.78 is 63.0. The van der Waals surface area contributed by atoms with Gasteiger partial charge in [0.1, 0.15) is 12.8 Å². The molecular weight excluding hydrogens is 437 g/mol. The molecule has 31 heavy (non-hydrogen) atoms. The zero-order valence-corrected chi connectivity index (χ0v) is 16.8. The van der Waals surface area contributed by atoms with Crippen LogP contribution < -0.4 is 10.0 Å². The number of alkyl halides is 3. The van der Waals surface area contributed by atoms with Gasteiger partial charge >= 0.3 is 6.43 Å². The first kappa shape index (κ1) is 24.3. The lowest BCUT2D eigenvalue weighted by Crippen LogP contribution is -2.43. The SMILES string of the molecule is N#CCS(=O)(=O)NCc1ccc(-c2ccc([C@H](O)[C@@H](CF)NC(=O)C(F)F)cc2)cn1. The van der Waals surface area contributed by atoms with E-state index in [1.54, 1.807) is 35.7 Å². The van der Waals surface area contributed by atoms with E-state index in [0.29, 0.717) is 16.8 Å². The van der Waals surface area contributed by atoms with Crippen molar-refractivity contribution in [1.82, 2.24) is 15.0 Å². The van der Waals surface area contributed by atoms with Gasteiger partial charge in [-0.05, 0) is 17.2 Å². The summed E-state index contributed by atoms with van der Waals surface area (Å²) in [4.78, 5) is 15.2. The largest absolute Gasteiger partial charge is 0.386 e. The van der Waals surface area contributed by atoms with Crippen molar-refractivity contribution >= 4 is 15.9 Å². The number of benzene rings is 1. The van der Waals surface area contributed by atoms with Gasteiger partial charge in [-0.15, -0.1) is 0 Å². The molecule has 3 N–H and O–H groups in total. The zero-order valence-electron chi connectivity index (χ0n) is 16.0. The summed E-state index contributed by atoms with van der Waals surface area (Å²) in [5.74, 6) is -2.32. The third kappa shape index (κ3) is 7.02. The molecule has 2 atom stereocenters. The van der Waals surface area contributed by atoms with Crippen LogP contribution in [0.4, 0.5) is 13.2 Å². The van der Waals surface area contributed by atoms with Gasteiger partial charge in [0.2, 0.25) is 10.0 Å². The van der Waals surface area contributed by atoms with Gasteiger partial charge in [-0.3, -0.25) is 9.78 Å². The molecule has 0 saturated heterocycles. The molecule has 166 valence electrons. The van der Waals surface area contributed by atoms with Crippen molar-refractivity contribution in [3.8, 4) is 17.2 Å². The van der Waals surface area contributed by atoms with Crippen molar-refractivity contribution in [3.63, 3.8) is 0 Å². The molecule has 2 aromatic rings. The van der Waals surface area contributed by atoms with Crippen molar-refractivity contribution < 1.29 is 31.5 Å². The Morgan fingerprint density at radius 3 is 2.32 bits per heavy atom. The molecule has 0 aliphatic carbocycles. The number of halogens is 3. The first-order valence-electron chi connectivity index (χ1n) is 8.89. The molecule has 0 saturated carbocycles. The Balaban J connectivity index is 2.05. The van der Waals surface area contributed by atoms with Gasteiger partial charge in [0.25, 0.3) is 5.91 Å². The number of nitriles is 1. The molecule has 0 aliphatic rings. The third-order valence-corrected chi connectivity index (χ3v) is 5.30. The fourth-order valence-corrected chi connectivity index (χ4v) is 3.21. The van der Waals surface area contributed by atoms with Crippen molar-refractivity contribution in [3.05, 3.63) is 53.9 Å². The zero-order chi connectivity index (χ0) is 23.0. The highest BCUT2D eigenvalue weighted by atomic mass is 32.2. The number of sulfonamides is 1. The summed E-state index contributed by atoms with van der Waals surface area (Å²) in [6, 6.07) is 9.41. The number of aromatic nitrogens is 1. The Hall–Kier alpha value is -3.01. The Bertz CT molecular complexity index is 1030. The van der Waals surface area contributed by atoms with Crippen LogP contribution in [-0.4, -0.2) is 49.3 Å². The van der Waals surface area contributed by atoms with Gasteiger partial charge in [-0.25, -0.2) is 17.5 Å². The van der Waals surface area contributed by atoms with Crippen LogP contribution in [0.3, 0.4) is 0 Å². The molecule has 2 rings (SSSR count). The molecule has 1 amide bonds. The number of aliphatic hydroxyl groups excluding tert-OH is 1. The second-order valence-electron chi connectivity index (χ2n) is 6.41. The minimum Gasteiger partial charge on any atom is -0.386 e. The van der Waals surface area contributed by atoms with E-state index in [1.807, 2.05) is 0 Å². The third-order valence-electron chi connectivity index (χ3n) is 4.21. The van der Waals surface area contributed by atoms with Gasteiger partial charge in [-0.1, -0.05) is 30.3 Å². The number of carbonyl (C=O) groups excluding carboxylic acids is 1. The number of nitrogens with one attached hydrogen (secondary N) is 2. The molecule has 1 heterocycles. The second kappa shape index (κ2) is 10.9. The van der Waals surface area contributed by atoms with Gasteiger partial charge in [0.05, 0.1) is 24.3 Å². The predicted octanol–water partition coefficient (Wildman–Crippen LogP) is 1.44. The predicted molar refractivity (Wildman–Crippen MR) is 105 cm³/mol. The summed E-state index contributed by atoms with van der Waals surface area (Å²) in [6.45, 7) is -1.31. The first-order chi connectivity index (χ1) is 14.7. The maximum Gasteiger partial charge on any atom is 0.315 e. The van der Waals surface area contributed by atoms with E-state index < -0.39 is 46.9 Å². The summed E-state index contributed by atoms with van der Waals surface area (Å²) in [5, 5.41) is 20.4. The molecule has 1 aromatic carbocycles. The van der Waals surface area contributed by atoms with Crippen LogP contribution in [0.2, 0.25) is 0 Å². The fourth-order valence-electron chi connectivity index (χ4n) is 2.57. The Morgan fingerprint density at radius 2 is 1.81 bits per heavy atom. The van der Waals surface area contributed by atoms with E-state index in [4.69, 9.17) is 5.26 Å². The summed E-state index contributed by atoms with van der Waals surface area (Å²) in [6.07, 6.45) is -3.35. The van der Waals surface area contributed by atoms with E-state index in [0.717, 1.165) is 0 Å². The monoisotopic (exact) mass is 456 g/mol. The number of pyridine rings is 1. The normalized spacial score (nSPS) is 13.4. The van der Waals surface area contributed by atoms with Crippen LogP contribution in [0.5, 0.6) is 0 Å². The molecule has 12 heteroatoms. The molecule has 0 unspecified atom stereocenters. The van der Waals surface area contributed by atoms with Gasteiger partial charge < -0.3 is 10.4 Å². The molecule has 0 spiro atoms. The lowest BCUT2D eigenvalue weighted by molar-refractivity contribution is -0.133. The van der Waals surface area contributed by atoms with E-state index in [-0.39, 0.29) is 12.1 Å². The molecule has 0 bridgehead atoms. The highest BCUT2D eigenvalue weighted by Crippen LogP contribution is 2.23. The van der Waals surface area contributed by atoms with Gasteiger partial charge in [0.15, 0.2) is 5.75 Å². The Kier molecular flexibility index (Phi) is 8.49. The van der Waals surface area contributed by atoms with Crippen molar-refractivity contribution in [1.29, 1.82) is 5.26 Å². The molecule has 1 aromatic heterocycles. The van der Waals surface area contributed by atoms with Crippen LogP contribution >= 0.6 is 0 Å². The maximum atomic E-state index is 13.1. The number of carbonyl (C=O) groups is 1. The van der Waals surface area contributed by atoms with Crippen LogP contribution in [0, 0.1) is 11.3 Å². The standard InChI is InChI=1S/C19H19F3N4O4S/c20-9-16(26-19(28)18(21)22)17(27)13-3-1-12(2-4-13)14-5-6-15(24-10-14)11-25-31(29,30)8-7-23/h1-6,10,16-18,25,27H,8-9,11H2,(H,26,28)/t16-,17+/m1/s1. The van der Waals surface area contributed by atoms with E-state index in [2.05, 4.69) is 9.71 Å². The highest BCUT2D eigenvalue weighted by Gasteiger charge is 2.26. The van der Waals surface area contributed by atoms with E-state index in [1.165, 1.54) is 18.3 Å².